The molecule has 0 aliphatic carbocycles. The minimum atomic E-state index is -3.75. The molecule has 0 aliphatic heterocycles. The summed E-state index contributed by atoms with van der Waals surface area (Å²) in [7, 11) is -2.20. The first-order valence-corrected chi connectivity index (χ1v) is 8.00. The highest BCUT2D eigenvalue weighted by molar-refractivity contribution is 7.89. The molecule has 21 heavy (non-hydrogen) atoms. The maximum absolute atomic E-state index is 12.3. The van der Waals surface area contributed by atoms with Crippen molar-refractivity contribution in [3.8, 4) is 0 Å². The number of hydrogen-bond donors (Lipinski definition) is 2. The van der Waals surface area contributed by atoms with Crippen LogP contribution in [-0.4, -0.2) is 39.8 Å². The van der Waals surface area contributed by atoms with E-state index < -0.39 is 16.0 Å². The number of aryl methyl sites for hydroxylation is 1. The fraction of sp³-hybridized carbons (Fsp3) is 0.500. The third-order valence-electron chi connectivity index (χ3n) is 3.23. The van der Waals surface area contributed by atoms with Gasteiger partial charge in [0.25, 0.3) is 0 Å². The fourth-order valence-corrected chi connectivity index (χ4v) is 3.41. The minimum Gasteiger partial charge on any atom is -0.478 e. The monoisotopic (exact) mass is 315 g/mol. The lowest BCUT2D eigenvalue weighted by atomic mass is 10.1. The van der Waals surface area contributed by atoms with Gasteiger partial charge in [-0.15, -0.1) is 0 Å². The number of sulfonamides is 1. The third kappa shape index (κ3) is 4.52. The summed E-state index contributed by atoms with van der Waals surface area (Å²) in [5.41, 5.74) is 1.13. The molecular formula is C14H21NO5S. The molecule has 0 fully saturated rings. The van der Waals surface area contributed by atoms with Crippen molar-refractivity contribution in [3.05, 3.63) is 28.8 Å². The van der Waals surface area contributed by atoms with E-state index in [4.69, 9.17) is 9.84 Å². The van der Waals surface area contributed by atoms with Gasteiger partial charge in [-0.2, -0.15) is 0 Å². The van der Waals surface area contributed by atoms with Gasteiger partial charge in [0, 0.05) is 20.3 Å². The zero-order valence-electron chi connectivity index (χ0n) is 12.6. The Labute approximate surface area is 125 Å². The van der Waals surface area contributed by atoms with Crippen LogP contribution in [0.1, 0.15) is 28.4 Å². The molecule has 1 atom stereocenters. The van der Waals surface area contributed by atoms with Crippen LogP contribution >= 0.6 is 0 Å². The SMILES string of the molecule is COCC(C)CNS(=O)(=O)c1cc(C(=O)O)cc(C)c1C. The summed E-state index contributed by atoms with van der Waals surface area (Å²) in [4.78, 5) is 11.1. The van der Waals surface area contributed by atoms with Crippen molar-refractivity contribution >= 4 is 16.0 Å². The number of ether oxygens (including phenoxy) is 1. The predicted molar refractivity (Wildman–Crippen MR) is 79.1 cm³/mol. The maximum atomic E-state index is 12.3. The van der Waals surface area contributed by atoms with E-state index in [9.17, 15) is 13.2 Å². The Hall–Kier alpha value is -1.44. The Morgan fingerprint density at radius 3 is 2.52 bits per heavy atom. The average molecular weight is 315 g/mol. The second kappa shape index (κ2) is 7.02. The molecule has 0 radical (unpaired) electrons. The van der Waals surface area contributed by atoms with Gasteiger partial charge in [-0.3, -0.25) is 0 Å². The van der Waals surface area contributed by atoms with Crippen LogP contribution in [-0.2, 0) is 14.8 Å². The standard InChI is InChI=1S/C14H21NO5S/c1-9(8-20-4)7-15-21(18,19)13-6-12(14(16)17)5-10(2)11(13)3/h5-6,9,15H,7-8H2,1-4H3,(H,16,17). The number of carbonyl (C=O) groups is 1. The molecule has 0 bridgehead atoms. The van der Waals surface area contributed by atoms with Crippen LogP contribution in [0.15, 0.2) is 17.0 Å². The van der Waals surface area contributed by atoms with Gasteiger partial charge in [-0.05, 0) is 43.0 Å². The highest BCUT2D eigenvalue weighted by atomic mass is 32.2. The lowest BCUT2D eigenvalue weighted by Crippen LogP contribution is -2.30. The van der Waals surface area contributed by atoms with E-state index in [2.05, 4.69) is 4.72 Å². The number of methoxy groups -OCH3 is 1. The number of carboxylic acids is 1. The summed E-state index contributed by atoms with van der Waals surface area (Å²) < 4.78 is 32.1. The van der Waals surface area contributed by atoms with Gasteiger partial charge in [-0.25, -0.2) is 17.9 Å². The lowest BCUT2D eigenvalue weighted by Gasteiger charge is -2.15. The lowest BCUT2D eigenvalue weighted by molar-refractivity contribution is 0.0696. The molecule has 2 N–H and O–H groups in total. The van der Waals surface area contributed by atoms with E-state index in [0.717, 1.165) is 0 Å². The van der Waals surface area contributed by atoms with Crippen LogP contribution in [0.25, 0.3) is 0 Å². The van der Waals surface area contributed by atoms with E-state index in [1.54, 1.807) is 21.0 Å². The van der Waals surface area contributed by atoms with E-state index in [1.807, 2.05) is 6.92 Å². The number of hydrogen-bond acceptors (Lipinski definition) is 4. The van der Waals surface area contributed by atoms with Crippen molar-refractivity contribution in [2.45, 2.75) is 25.7 Å². The molecule has 1 unspecified atom stereocenters. The summed E-state index contributed by atoms with van der Waals surface area (Å²) in [5, 5.41) is 9.05. The van der Waals surface area contributed by atoms with Gasteiger partial charge in [0.05, 0.1) is 10.5 Å². The summed E-state index contributed by atoms with van der Waals surface area (Å²) in [6.45, 7) is 5.88. The van der Waals surface area contributed by atoms with Crippen molar-refractivity contribution < 1.29 is 23.1 Å². The number of aromatic carboxylic acids is 1. The molecule has 1 aromatic rings. The van der Waals surface area contributed by atoms with Crippen molar-refractivity contribution in [1.29, 1.82) is 0 Å². The normalized spacial score (nSPS) is 13.1. The van der Waals surface area contributed by atoms with E-state index in [0.29, 0.717) is 17.7 Å². The van der Waals surface area contributed by atoms with Gasteiger partial charge >= 0.3 is 5.97 Å². The largest absolute Gasteiger partial charge is 0.478 e. The average Bonchev–Trinajstić information content (AvgIpc) is 2.39. The van der Waals surface area contributed by atoms with E-state index >= 15 is 0 Å². The molecule has 118 valence electrons. The predicted octanol–water partition coefficient (Wildman–Crippen LogP) is 1.56. The number of carboxylic acid groups (broad SMARTS) is 1. The molecule has 0 aliphatic rings. The fourth-order valence-electron chi connectivity index (χ4n) is 1.90. The first-order chi connectivity index (χ1) is 9.69. The summed E-state index contributed by atoms with van der Waals surface area (Å²) in [5.74, 6) is -1.13. The van der Waals surface area contributed by atoms with Gasteiger partial charge in [0.15, 0.2) is 0 Å². The number of nitrogens with one attached hydrogen (secondary N) is 1. The van der Waals surface area contributed by atoms with Crippen molar-refractivity contribution in [1.82, 2.24) is 4.72 Å². The quantitative estimate of drug-likeness (QED) is 0.796. The maximum Gasteiger partial charge on any atom is 0.335 e. The molecule has 1 aromatic carbocycles. The first kappa shape index (κ1) is 17.6. The second-order valence-corrected chi connectivity index (χ2v) is 6.87. The van der Waals surface area contributed by atoms with Gasteiger partial charge in [0.2, 0.25) is 10.0 Å². The van der Waals surface area contributed by atoms with Crippen LogP contribution < -0.4 is 4.72 Å². The number of rotatable bonds is 7. The van der Waals surface area contributed by atoms with E-state index in [1.165, 1.54) is 12.1 Å². The molecular weight excluding hydrogens is 294 g/mol. The molecule has 0 amide bonds. The summed E-state index contributed by atoms with van der Waals surface area (Å²) in [6.07, 6.45) is 0. The zero-order chi connectivity index (χ0) is 16.2. The molecule has 0 spiro atoms. The molecule has 1 rings (SSSR count). The Kier molecular flexibility index (Phi) is 5.88. The smallest absolute Gasteiger partial charge is 0.335 e. The van der Waals surface area contributed by atoms with Crippen LogP contribution in [0, 0.1) is 19.8 Å². The summed E-state index contributed by atoms with van der Waals surface area (Å²) >= 11 is 0. The Morgan fingerprint density at radius 1 is 1.38 bits per heavy atom. The minimum absolute atomic E-state index is 0.00418. The molecule has 0 saturated carbocycles. The van der Waals surface area contributed by atoms with Crippen LogP contribution in [0.5, 0.6) is 0 Å². The Morgan fingerprint density at radius 2 is 2.00 bits per heavy atom. The summed E-state index contributed by atoms with van der Waals surface area (Å²) in [6, 6.07) is 2.65. The molecule has 0 aromatic heterocycles. The zero-order valence-corrected chi connectivity index (χ0v) is 13.5. The second-order valence-electron chi connectivity index (χ2n) is 5.13. The van der Waals surface area contributed by atoms with Crippen LogP contribution in [0.2, 0.25) is 0 Å². The molecule has 0 saturated heterocycles. The number of benzene rings is 1. The molecule has 6 nitrogen and oxygen atoms in total. The van der Waals surface area contributed by atoms with E-state index in [-0.39, 0.29) is 22.9 Å². The van der Waals surface area contributed by atoms with Gasteiger partial charge < -0.3 is 9.84 Å². The Bertz CT molecular complexity index is 624. The van der Waals surface area contributed by atoms with Gasteiger partial charge in [0.1, 0.15) is 0 Å². The van der Waals surface area contributed by atoms with Crippen molar-refractivity contribution in [2.75, 3.05) is 20.3 Å². The van der Waals surface area contributed by atoms with Crippen molar-refractivity contribution in [2.24, 2.45) is 5.92 Å². The topological polar surface area (TPSA) is 92.7 Å². The first-order valence-electron chi connectivity index (χ1n) is 6.52. The Balaban J connectivity index is 3.10. The highest BCUT2D eigenvalue weighted by Gasteiger charge is 2.21. The molecule has 0 heterocycles. The molecule has 7 heteroatoms. The van der Waals surface area contributed by atoms with Crippen LogP contribution in [0.4, 0.5) is 0 Å². The highest BCUT2D eigenvalue weighted by Crippen LogP contribution is 2.21. The van der Waals surface area contributed by atoms with Gasteiger partial charge in [-0.1, -0.05) is 6.92 Å². The van der Waals surface area contributed by atoms with Crippen LogP contribution in [0.3, 0.4) is 0 Å². The van der Waals surface area contributed by atoms with Crippen molar-refractivity contribution in [3.63, 3.8) is 0 Å². The third-order valence-corrected chi connectivity index (χ3v) is 4.78.